The normalized spacial score (nSPS) is 10.2. The van der Waals surface area contributed by atoms with E-state index in [1.165, 1.54) is 6.07 Å². The minimum atomic E-state index is -1.15. The number of carboxylic acids is 1. The van der Waals surface area contributed by atoms with E-state index in [1.807, 2.05) is 0 Å². The standard InChI is InChI=1S/C13H11BrClN3O3/c1-6-4-10(11(16-6)12(19)20)18-13(21)17-9-5-7(15)2-3-8(9)14/h2-5,16H,1H3,(H,19,20)(H2,17,18,21). The molecule has 2 aromatic rings. The van der Waals surface area contributed by atoms with Crippen molar-refractivity contribution in [3.63, 3.8) is 0 Å². The highest BCUT2D eigenvalue weighted by molar-refractivity contribution is 9.10. The molecule has 21 heavy (non-hydrogen) atoms. The third kappa shape index (κ3) is 3.77. The summed E-state index contributed by atoms with van der Waals surface area (Å²) in [6, 6.07) is 5.91. The van der Waals surface area contributed by atoms with Gasteiger partial charge in [-0.15, -0.1) is 0 Å². The number of carboxylic acid groups (broad SMARTS) is 1. The number of carbonyl (C=O) groups is 2. The van der Waals surface area contributed by atoms with Crippen molar-refractivity contribution >= 4 is 50.9 Å². The first kappa shape index (κ1) is 15.4. The van der Waals surface area contributed by atoms with Gasteiger partial charge in [0, 0.05) is 15.2 Å². The van der Waals surface area contributed by atoms with E-state index < -0.39 is 12.0 Å². The number of H-pyrrole nitrogens is 1. The molecule has 0 bridgehead atoms. The molecule has 0 atom stereocenters. The van der Waals surface area contributed by atoms with Crippen molar-refractivity contribution in [3.8, 4) is 0 Å². The zero-order valence-electron chi connectivity index (χ0n) is 10.8. The van der Waals surface area contributed by atoms with Crippen LogP contribution in [0.2, 0.25) is 5.02 Å². The minimum absolute atomic E-state index is 0.0761. The first-order valence-corrected chi connectivity index (χ1v) is 7.00. The molecule has 1 aromatic heterocycles. The average Bonchev–Trinajstić information content (AvgIpc) is 2.75. The second-order valence-corrected chi connectivity index (χ2v) is 5.54. The highest BCUT2D eigenvalue weighted by Crippen LogP contribution is 2.26. The molecule has 0 unspecified atom stereocenters. The van der Waals surface area contributed by atoms with Crippen LogP contribution >= 0.6 is 27.5 Å². The molecular formula is C13H11BrClN3O3. The molecule has 0 saturated carbocycles. The van der Waals surface area contributed by atoms with Crippen LogP contribution < -0.4 is 10.6 Å². The van der Waals surface area contributed by atoms with E-state index in [2.05, 4.69) is 31.5 Å². The molecular weight excluding hydrogens is 362 g/mol. The van der Waals surface area contributed by atoms with Crippen molar-refractivity contribution < 1.29 is 14.7 Å². The van der Waals surface area contributed by atoms with Crippen molar-refractivity contribution in [2.24, 2.45) is 0 Å². The van der Waals surface area contributed by atoms with Crippen molar-refractivity contribution in [3.05, 3.63) is 45.1 Å². The molecule has 6 nitrogen and oxygen atoms in total. The molecule has 8 heteroatoms. The summed E-state index contributed by atoms with van der Waals surface area (Å²) in [7, 11) is 0. The quantitative estimate of drug-likeness (QED) is 0.654. The maximum atomic E-state index is 11.9. The van der Waals surface area contributed by atoms with Gasteiger partial charge in [-0.05, 0) is 47.1 Å². The van der Waals surface area contributed by atoms with Crippen LogP contribution in [-0.4, -0.2) is 22.1 Å². The summed E-state index contributed by atoms with van der Waals surface area (Å²) in [5.41, 5.74) is 1.22. The Bertz CT molecular complexity index is 715. The van der Waals surface area contributed by atoms with Gasteiger partial charge in [-0.2, -0.15) is 0 Å². The van der Waals surface area contributed by atoms with Gasteiger partial charge in [0.15, 0.2) is 0 Å². The van der Waals surface area contributed by atoms with Crippen molar-refractivity contribution in [1.82, 2.24) is 4.98 Å². The number of amides is 2. The Morgan fingerprint density at radius 1 is 1.24 bits per heavy atom. The number of aromatic nitrogens is 1. The second kappa shape index (κ2) is 6.19. The van der Waals surface area contributed by atoms with Gasteiger partial charge in [-0.3, -0.25) is 0 Å². The predicted molar refractivity (Wildman–Crippen MR) is 84.3 cm³/mol. The highest BCUT2D eigenvalue weighted by Gasteiger charge is 2.15. The Morgan fingerprint density at radius 2 is 1.90 bits per heavy atom. The Kier molecular flexibility index (Phi) is 4.54. The lowest BCUT2D eigenvalue weighted by Gasteiger charge is -2.09. The number of anilines is 2. The van der Waals surface area contributed by atoms with Crippen LogP contribution in [-0.2, 0) is 0 Å². The van der Waals surface area contributed by atoms with Crippen LogP contribution in [0.15, 0.2) is 28.7 Å². The van der Waals surface area contributed by atoms with Gasteiger partial charge in [0.05, 0.1) is 11.4 Å². The molecule has 0 aliphatic rings. The summed E-state index contributed by atoms with van der Waals surface area (Å²) in [5.74, 6) is -1.15. The maximum Gasteiger partial charge on any atom is 0.354 e. The molecule has 1 heterocycles. The third-order valence-electron chi connectivity index (χ3n) is 2.59. The lowest BCUT2D eigenvalue weighted by atomic mass is 10.3. The SMILES string of the molecule is Cc1cc(NC(=O)Nc2cc(Cl)ccc2Br)c(C(=O)O)[nH]1. The topological polar surface area (TPSA) is 94.2 Å². The number of carbonyl (C=O) groups excluding carboxylic acids is 1. The second-order valence-electron chi connectivity index (χ2n) is 4.25. The number of aromatic amines is 1. The fourth-order valence-corrected chi connectivity index (χ4v) is 2.24. The Labute approximate surface area is 133 Å². The lowest BCUT2D eigenvalue weighted by molar-refractivity contribution is 0.0692. The van der Waals surface area contributed by atoms with Gasteiger partial charge in [-0.25, -0.2) is 9.59 Å². The van der Waals surface area contributed by atoms with Gasteiger partial charge >= 0.3 is 12.0 Å². The summed E-state index contributed by atoms with van der Waals surface area (Å²) in [5, 5.41) is 14.6. The van der Waals surface area contributed by atoms with Crippen molar-refractivity contribution in [2.75, 3.05) is 10.6 Å². The monoisotopic (exact) mass is 371 g/mol. The average molecular weight is 373 g/mol. The number of nitrogens with one attached hydrogen (secondary N) is 3. The zero-order valence-corrected chi connectivity index (χ0v) is 13.2. The lowest BCUT2D eigenvalue weighted by Crippen LogP contribution is -2.20. The van der Waals surface area contributed by atoms with Crippen LogP contribution in [0.1, 0.15) is 16.2 Å². The maximum absolute atomic E-state index is 11.9. The van der Waals surface area contributed by atoms with Gasteiger partial charge in [0.25, 0.3) is 0 Å². The van der Waals surface area contributed by atoms with Crippen molar-refractivity contribution in [2.45, 2.75) is 6.92 Å². The van der Waals surface area contributed by atoms with E-state index in [1.54, 1.807) is 25.1 Å². The van der Waals surface area contributed by atoms with Crippen LogP contribution in [0.5, 0.6) is 0 Å². The first-order chi connectivity index (χ1) is 9.86. The number of rotatable bonds is 3. The van der Waals surface area contributed by atoms with Gasteiger partial charge in [0.2, 0.25) is 0 Å². The number of halogens is 2. The molecule has 0 aliphatic heterocycles. The number of urea groups is 1. The van der Waals surface area contributed by atoms with E-state index in [0.29, 0.717) is 20.9 Å². The summed E-state index contributed by atoms with van der Waals surface area (Å²) < 4.78 is 0.658. The predicted octanol–water partition coefficient (Wildman–Crippen LogP) is 4.08. The molecule has 110 valence electrons. The molecule has 0 aliphatic carbocycles. The largest absolute Gasteiger partial charge is 0.477 e. The summed E-state index contributed by atoms with van der Waals surface area (Å²) in [4.78, 5) is 25.6. The Hall–Kier alpha value is -1.99. The molecule has 0 spiro atoms. The number of hydrogen-bond acceptors (Lipinski definition) is 2. The molecule has 2 rings (SSSR count). The van der Waals surface area contributed by atoms with Gasteiger partial charge in [-0.1, -0.05) is 11.6 Å². The van der Waals surface area contributed by atoms with Crippen LogP contribution in [0.4, 0.5) is 16.2 Å². The molecule has 0 radical (unpaired) electrons. The van der Waals surface area contributed by atoms with E-state index in [0.717, 1.165) is 0 Å². The number of aromatic carboxylic acids is 1. The Balaban J connectivity index is 2.15. The minimum Gasteiger partial charge on any atom is -0.477 e. The van der Waals surface area contributed by atoms with Gasteiger partial charge in [0.1, 0.15) is 5.69 Å². The summed E-state index contributed by atoms with van der Waals surface area (Å²) in [6.45, 7) is 1.70. The van der Waals surface area contributed by atoms with Crippen LogP contribution in [0.25, 0.3) is 0 Å². The smallest absolute Gasteiger partial charge is 0.354 e. The molecule has 4 N–H and O–H groups in total. The Morgan fingerprint density at radius 3 is 2.57 bits per heavy atom. The van der Waals surface area contributed by atoms with E-state index >= 15 is 0 Å². The first-order valence-electron chi connectivity index (χ1n) is 5.83. The number of hydrogen-bond donors (Lipinski definition) is 4. The molecule has 1 aromatic carbocycles. The summed E-state index contributed by atoms with van der Waals surface area (Å²) in [6.07, 6.45) is 0. The fourth-order valence-electron chi connectivity index (χ4n) is 1.73. The zero-order chi connectivity index (χ0) is 15.6. The van der Waals surface area contributed by atoms with Gasteiger partial charge < -0.3 is 20.7 Å². The summed E-state index contributed by atoms with van der Waals surface area (Å²) >= 11 is 9.14. The molecule has 0 saturated heterocycles. The van der Waals surface area contributed by atoms with Crippen molar-refractivity contribution in [1.29, 1.82) is 0 Å². The third-order valence-corrected chi connectivity index (χ3v) is 3.52. The van der Waals surface area contributed by atoms with Crippen LogP contribution in [0.3, 0.4) is 0 Å². The van der Waals surface area contributed by atoms with E-state index in [4.69, 9.17) is 16.7 Å². The molecule has 2 amide bonds. The molecule has 0 fully saturated rings. The number of aryl methyl sites for hydroxylation is 1. The number of benzene rings is 1. The van der Waals surface area contributed by atoms with Crippen LogP contribution in [0, 0.1) is 6.92 Å². The van der Waals surface area contributed by atoms with E-state index in [9.17, 15) is 9.59 Å². The highest BCUT2D eigenvalue weighted by atomic mass is 79.9. The van der Waals surface area contributed by atoms with E-state index in [-0.39, 0.29) is 11.4 Å². The fraction of sp³-hybridized carbons (Fsp3) is 0.0769.